The van der Waals surface area contributed by atoms with Gasteiger partial charge in [0.25, 0.3) is 0 Å². The van der Waals surface area contributed by atoms with E-state index in [0.717, 1.165) is 33.6 Å². The van der Waals surface area contributed by atoms with E-state index in [1.165, 1.54) is 17.2 Å². The molecule has 0 fully saturated rings. The molecule has 0 saturated carbocycles. The number of nitrogens with zero attached hydrogens (tertiary/aromatic N) is 3. The van der Waals surface area contributed by atoms with Crippen molar-refractivity contribution >= 4 is 43.9 Å². The summed E-state index contributed by atoms with van der Waals surface area (Å²) in [5.74, 6) is 1.12. The van der Waals surface area contributed by atoms with Crippen molar-refractivity contribution in [2.45, 2.75) is 45.7 Å². The van der Waals surface area contributed by atoms with Gasteiger partial charge < -0.3 is 4.42 Å². The molecular weight excluding hydrogens is 535 g/mol. The van der Waals surface area contributed by atoms with Gasteiger partial charge in [-0.25, -0.2) is 9.97 Å². The number of fused-ring (bicyclic) bond motifs is 6. The van der Waals surface area contributed by atoms with Gasteiger partial charge in [0.2, 0.25) is 5.71 Å². The predicted molar refractivity (Wildman–Crippen MR) is 162 cm³/mol. The van der Waals surface area contributed by atoms with Crippen LogP contribution in [-0.2, 0) is 6.18 Å². The number of benzene rings is 4. The van der Waals surface area contributed by atoms with E-state index in [2.05, 4.69) is 73.6 Å². The Morgan fingerprint density at radius 3 is 2.10 bits per heavy atom. The lowest BCUT2D eigenvalue weighted by Crippen LogP contribution is -2.08. The van der Waals surface area contributed by atoms with E-state index in [-0.39, 0.29) is 17.5 Å². The van der Waals surface area contributed by atoms with Gasteiger partial charge in [0.15, 0.2) is 0 Å². The van der Waals surface area contributed by atoms with Crippen LogP contribution in [0, 0.1) is 0 Å². The number of aromatic nitrogens is 3. The zero-order chi connectivity index (χ0) is 29.3. The van der Waals surface area contributed by atoms with Gasteiger partial charge in [0, 0.05) is 16.2 Å². The molecule has 42 heavy (non-hydrogen) atoms. The van der Waals surface area contributed by atoms with Crippen LogP contribution in [-0.4, -0.2) is 14.5 Å². The Kier molecular flexibility index (Phi) is 5.91. The number of para-hydroxylation sites is 2. The minimum Gasteiger partial charge on any atom is -0.437 e. The Bertz CT molecular complexity index is 2130. The fraction of sp³-hybridized carbons (Fsp3) is 0.200. The Hall–Kier alpha value is -4.65. The molecule has 4 aromatic carbocycles. The lowest BCUT2D eigenvalue weighted by Gasteiger charge is -2.23. The van der Waals surface area contributed by atoms with Crippen molar-refractivity contribution in [3.05, 3.63) is 102 Å². The van der Waals surface area contributed by atoms with Crippen LogP contribution in [0.5, 0.6) is 0 Å². The van der Waals surface area contributed by atoms with Crippen LogP contribution in [0.15, 0.2) is 89.3 Å². The van der Waals surface area contributed by atoms with Gasteiger partial charge in [-0.2, -0.15) is 13.2 Å². The summed E-state index contributed by atoms with van der Waals surface area (Å²) in [5.41, 5.74) is 5.34. The summed E-state index contributed by atoms with van der Waals surface area (Å²) in [5, 5.41) is 3.37. The van der Waals surface area contributed by atoms with Crippen LogP contribution < -0.4 is 0 Å². The summed E-state index contributed by atoms with van der Waals surface area (Å²) in [6.07, 6.45) is -4.57. The molecule has 7 rings (SSSR count). The number of hydrogen-bond acceptors (Lipinski definition) is 3. The molecule has 4 nitrogen and oxygen atoms in total. The first kappa shape index (κ1) is 26.3. The first-order valence-corrected chi connectivity index (χ1v) is 14.1. The molecule has 0 unspecified atom stereocenters. The number of halogens is 3. The van der Waals surface area contributed by atoms with E-state index in [4.69, 9.17) is 9.40 Å². The molecule has 0 aliphatic carbocycles. The van der Waals surface area contributed by atoms with Crippen LogP contribution in [0.1, 0.15) is 56.4 Å². The van der Waals surface area contributed by atoms with Gasteiger partial charge in [0.1, 0.15) is 17.1 Å². The van der Waals surface area contributed by atoms with E-state index in [1.54, 1.807) is 0 Å². The van der Waals surface area contributed by atoms with Crippen molar-refractivity contribution in [1.82, 2.24) is 14.5 Å². The minimum absolute atomic E-state index is 0.0502. The average Bonchev–Trinajstić information content (AvgIpc) is 3.54. The maximum atomic E-state index is 13.5. The van der Waals surface area contributed by atoms with Gasteiger partial charge in [-0.1, -0.05) is 88.4 Å². The summed E-state index contributed by atoms with van der Waals surface area (Å²) in [6, 6.07) is 26.9. The fourth-order valence-electron chi connectivity index (χ4n) is 6.02. The molecule has 7 aromatic rings. The molecule has 0 aliphatic rings. The fourth-order valence-corrected chi connectivity index (χ4v) is 6.02. The van der Waals surface area contributed by atoms with Gasteiger partial charge >= 0.3 is 6.18 Å². The largest absolute Gasteiger partial charge is 0.437 e. The predicted octanol–water partition coefficient (Wildman–Crippen LogP) is 10.4. The molecule has 210 valence electrons. The number of furan rings is 1. The van der Waals surface area contributed by atoms with Crippen molar-refractivity contribution in [3.8, 4) is 17.1 Å². The Labute approximate surface area is 240 Å². The number of pyridine rings is 1. The highest BCUT2D eigenvalue weighted by Crippen LogP contribution is 2.42. The highest BCUT2D eigenvalue weighted by molar-refractivity contribution is 6.10. The average molecular weight is 564 g/mol. The van der Waals surface area contributed by atoms with Crippen molar-refractivity contribution < 1.29 is 17.6 Å². The molecule has 7 heteroatoms. The Morgan fingerprint density at radius 1 is 0.690 bits per heavy atom. The molecule has 0 saturated heterocycles. The normalized spacial score (nSPS) is 12.6. The van der Waals surface area contributed by atoms with E-state index >= 15 is 0 Å². The van der Waals surface area contributed by atoms with Crippen LogP contribution in [0.2, 0.25) is 0 Å². The second-order valence-electron chi connectivity index (χ2n) is 11.4. The Morgan fingerprint density at radius 2 is 1.38 bits per heavy atom. The van der Waals surface area contributed by atoms with Gasteiger partial charge in [-0.15, -0.1) is 0 Å². The molecule has 3 heterocycles. The standard InChI is InChI=1S/C35H28F3N3O/c1-19(2)22-11-7-12-23(20(3)4)30(22)41-31-24-10-6-5-9-21(24)15-17-28(31)39-33(41)27-14-8-13-25-26-16-18-29(35(36,37)38)40-34(26)42-32(25)27/h5-20H,1-4H3. The highest BCUT2D eigenvalue weighted by Gasteiger charge is 2.33. The topological polar surface area (TPSA) is 43.9 Å². The first-order chi connectivity index (χ1) is 20.1. The summed E-state index contributed by atoms with van der Waals surface area (Å²) < 4.78 is 48.8. The number of imidazole rings is 1. The monoisotopic (exact) mass is 563 g/mol. The van der Waals surface area contributed by atoms with Gasteiger partial charge in [-0.05, 0) is 52.6 Å². The van der Waals surface area contributed by atoms with Crippen LogP contribution in [0.25, 0.3) is 61.0 Å². The third kappa shape index (κ3) is 3.98. The van der Waals surface area contributed by atoms with E-state index in [1.807, 2.05) is 36.4 Å². The Balaban J connectivity index is 1.64. The quantitative estimate of drug-likeness (QED) is 0.214. The number of hydrogen-bond donors (Lipinski definition) is 0. The molecule has 0 amide bonds. The van der Waals surface area contributed by atoms with Crippen molar-refractivity contribution in [1.29, 1.82) is 0 Å². The highest BCUT2D eigenvalue weighted by atomic mass is 19.4. The van der Waals surface area contributed by atoms with Crippen LogP contribution in [0.3, 0.4) is 0 Å². The SMILES string of the molecule is CC(C)c1cccc(C(C)C)c1-n1c(-c2cccc3c2oc2nc(C(F)(F)F)ccc23)nc2ccc3ccccc3c21. The lowest BCUT2D eigenvalue weighted by atomic mass is 9.92. The molecule has 3 aromatic heterocycles. The molecule has 0 aliphatic heterocycles. The second-order valence-corrected chi connectivity index (χ2v) is 11.4. The number of alkyl halides is 3. The lowest BCUT2D eigenvalue weighted by molar-refractivity contribution is -0.141. The summed E-state index contributed by atoms with van der Waals surface area (Å²) in [7, 11) is 0. The zero-order valence-electron chi connectivity index (χ0n) is 23.6. The summed E-state index contributed by atoms with van der Waals surface area (Å²) in [6.45, 7) is 8.74. The third-order valence-corrected chi connectivity index (χ3v) is 8.00. The van der Waals surface area contributed by atoms with Crippen LogP contribution in [0.4, 0.5) is 13.2 Å². The van der Waals surface area contributed by atoms with Crippen molar-refractivity contribution in [3.63, 3.8) is 0 Å². The molecular formula is C35H28F3N3O. The van der Waals surface area contributed by atoms with Gasteiger partial charge in [-0.3, -0.25) is 4.57 Å². The van der Waals surface area contributed by atoms with E-state index in [0.29, 0.717) is 27.7 Å². The molecule has 0 spiro atoms. The van der Waals surface area contributed by atoms with Crippen LogP contribution >= 0.6 is 0 Å². The third-order valence-electron chi connectivity index (χ3n) is 8.00. The molecule has 0 bridgehead atoms. The van der Waals surface area contributed by atoms with Gasteiger partial charge in [0.05, 0.1) is 22.3 Å². The van der Waals surface area contributed by atoms with Crippen molar-refractivity contribution in [2.24, 2.45) is 0 Å². The maximum absolute atomic E-state index is 13.5. The molecule has 0 radical (unpaired) electrons. The van der Waals surface area contributed by atoms with Crippen molar-refractivity contribution in [2.75, 3.05) is 0 Å². The van der Waals surface area contributed by atoms with E-state index in [9.17, 15) is 13.2 Å². The van der Waals surface area contributed by atoms with E-state index < -0.39 is 11.9 Å². The first-order valence-electron chi connectivity index (χ1n) is 14.1. The zero-order valence-corrected chi connectivity index (χ0v) is 23.6. The summed E-state index contributed by atoms with van der Waals surface area (Å²) >= 11 is 0. The summed E-state index contributed by atoms with van der Waals surface area (Å²) in [4.78, 5) is 9.03. The molecule has 0 N–H and O–H groups in total. The smallest absolute Gasteiger partial charge is 0.433 e. The maximum Gasteiger partial charge on any atom is 0.433 e. The minimum atomic E-state index is -4.57. The number of rotatable bonds is 4. The second kappa shape index (κ2) is 9.44. The molecule has 0 atom stereocenters.